The molecule has 1 nitrogen and oxygen atoms in total. The van der Waals surface area contributed by atoms with Crippen LogP contribution in [0.25, 0.3) is 0 Å². The Labute approximate surface area is 87.4 Å². The van der Waals surface area contributed by atoms with Crippen LogP contribution in [-0.4, -0.2) is 23.8 Å². The fourth-order valence-corrected chi connectivity index (χ4v) is 2.66. The van der Waals surface area contributed by atoms with Crippen molar-refractivity contribution < 1.29 is 4.74 Å². The van der Waals surface area contributed by atoms with Gasteiger partial charge in [-0.2, -0.15) is 0 Å². The Kier molecular flexibility index (Phi) is 3.14. The molecule has 0 N–H and O–H groups in total. The number of hydrogen-bond acceptors (Lipinski definition) is 2. The molecule has 2 atom stereocenters. The van der Waals surface area contributed by atoms with Crippen LogP contribution in [0.15, 0.2) is 35.2 Å². The van der Waals surface area contributed by atoms with Crippen molar-refractivity contribution in [2.45, 2.75) is 15.5 Å². The average molecular weight is 215 g/mol. The number of hydrogen-bond donors (Lipinski definition) is 0. The van der Waals surface area contributed by atoms with Crippen LogP contribution < -0.4 is 0 Å². The molecule has 2 unspecified atom stereocenters. The average Bonchev–Trinajstić information content (AvgIpc) is 2.54. The minimum atomic E-state index is 0.158. The maximum atomic E-state index is 6.08. The zero-order chi connectivity index (χ0) is 9.10. The molecule has 0 aromatic heterocycles. The zero-order valence-electron chi connectivity index (χ0n) is 7.15. The maximum absolute atomic E-state index is 6.08. The number of ether oxygens (including phenoxy) is 1. The van der Waals surface area contributed by atoms with Gasteiger partial charge in [0.15, 0.2) is 0 Å². The SMILES string of the molecule is ClC1COCC1Sc1ccccc1. The number of rotatable bonds is 2. The Hall–Kier alpha value is -0.180. The van der Waals surface area contributed by atoms with E-state index in [0.717, 1.165) is 6.61 Å². The first-order valence-corrected chi connectivity index (χ1v) is 5.61. The third kappa shape index (κ3) is 2.39. The Morgan fingerprint density at radius 3 is 2.62 bits per heavy atom. The summed E-state index contributed by atoms with van der Waals surface area (Å²) >= 11 is 7.88. The van der Waals surface area contributed by atoms with E-state index in [1.54, 1.807) is 11.8 Å². The van der Waals surface area contributed by atoms with Gasteiger partial charge in [0, 0.05) is 4.90 Å². The molecule has 0 saturated carbocycles. The second-order valence-corrected chi connectivity index (χ2v) is 4.90. The minimum absolute atomic E-state index is 0.158. The van der Waals surface area contributed by atoms with Crippen molar-refractivity contribution in [3.05, 3.63) is 30.3 Å². The second-order valence-electron chi connectivity index (χ2n) is 3.02. The van der Waals surface area contributed by atoms with E-state index >= 15 is 0 Å². The monoisotopic (exact) mass is 214 g/mol. The molecule has 0 amide bonds. The quantitative estimate of drug-likeness (QED) is 0.701. The van der Waals surface area contributed by atoms with Crippen molar-refractivity contribution in [1.29, 1.82) is 0 Å². The Morgan fingerprint density at radius 2 is 2.00 bits per heavy atom. The van der Waals surface area contributed by atoms with Crippen molar-refractivity contribution >= 4 is 23.4 Å². The van der Waals surface area contributed by atoms with Gasteiger partial charge in [-0.05, 0) is 12.1 Å². The lowest BCUT2D eigenvalue weighted by atomic mass is 10.4. The fraction of sp³-hybridized carbons (Fsp3) is 0.400. The van der Waals surface area contributed by atoms with Gasteiger partial charge in [0.1, 0.15) is 0 Å². The van der Waals surface area contributed by atoms with Gasteiger partial charge >= 0.3 is 0 Å². The number of benzene rings is 1. The third-order valence-electron chi connectivity index (χ3n) is 1.99. The lowest BCUT2D eigenvalue weighted by Gasteiger charge is -2.10. The smallest absolute Gasteiger partial charge is 0.0714 e. The van der Waals surface area contributed by atoms with Gasteiger partial charge in [-0.15, -0.1) is 23.4 Å². The van der Waals surface area contributed by atoms with Crippen LogP contribution in [0, 0.1) is 0 Å². The predicted molar refractivity (Wildman–Crippen MR) is 56.5 cm³/mol. The van der Waals surface area contributed by atoms with Crippen LogP contribution in [0.5, 0.6) is 0 Å². The van der Waals surface area contributed by atoms with E-state index in [0.29, 0.717) is 11.9 Å². The molecule has 1 fully saturated rings. The predicted octanol–water partition coefficient (Wildman–Crippen LogP) is 2.78. The van der Waals surface area contributed by atoms with E-state index < -0.39 is 0 Å². The summed E-state index contributed by atoms with van der Waals surface area (Å²) < 4.78 is 5.29. The summed E-state index contributed by atoms with van der Waals surface area (Å²) in [4.78, 5) is 1.27. The summed E-state index contributed by atoms with van der Waals surface area (Å²) in [7, 11) is 0. The molecule has 0 radical (unpaired) electrons. The molecule has 1 aliphatic rings. The fourth-order valence-electron chi connectivity index (χ4n) is 1.29. The van der Waals surface area contributed by atoms with Gasteiger partial charge in [-0.25, -0.2) is 0 Å². The van der Waals surface area contributed by atoms with Crippen LogP contribution in [0.1, 0.15) is 0 Å². The van der Waals surface area contributed by atoms with Crippen molar-refractivity contribution in [3.63, 3.8) is 0 Å². The maximum Gasteiger partial charge on any atom is 0.0714 e. The van der Waals surface area contributed by atoms with Crippen molar-refractivity contribution in [2.75, 3.05) is 13.2 Å². The van der Waals surface area contributed by atoms with E-state index in [2.05, 4.69) is 12.1 Å². The van der Waals surface area contributed by atoms with E-state index in [4.69, 9.17) is 16.3 Å². The Balaban J connectivity index is 1.98. The summed E-state index contributed by atoms with van der Waals surface area (Å²) in [6, 6.07) is 10.3. The van der Waals surface area contributed by atoms with Gasteiger partial charge < -0.3 is 4.74 Å². The molecule has 70 valence electrons. The van der Waals surface area contributed by atoms with Gasteiger partial charge in [0.05, 0.1) is 23.8 Å². The van der Waals surface area contributed by atoms with Crippen molar-refractivity contribution in [1.82, 2.24) is 0 Å². The van der Waals surface area contributed by atoms with Crippen LogP contribution >= 0.6 is 23.4 Å². The van der Waals surface area contributed by atoms with E-state index in [1.165, 1.54) is 4.90 Å². The molecule has 0 spiro atoms. The normalized spacial score (nSPS) is 27.8. The second kappa shape index (κ2) is 4.36. The third-order valence-corrected chi connectivity index (χ3v) is 3.88. The van der Waals surface area contributed by atoms with Gasteiger partial charge in [-0.1, -0.05) is 18.2 Å². The summed E-state index contributed by atoms with van der Waals surface area (Å²) in [5.74, 6) is 0. The number of alkyl halides is 1. The first-order chi connectivity index (χ1) is 6.36. The molecule has 1 heterocycles. The molecule has 13 heavy (non-hydrogen) atoms. The molecule has 3 heteroatoms. The highest BCUT2D eigenvalue weighted by molar-refractivity contribution is 8.00. The first kappa shape index (κ1) is 9.38. The van der Waals surface area contributed by atoms with Crippen LogP contribution in [0.3, 0.4) is 0 Å². The molecule has 0 aliphatic carbocycles. The van der Waals surface area contributed by atoms with E-state index in [9.17, 15) is 0 Å². The van der Waals surface area contributed by atoms with Gasteiger partial charge in [0.25, 0.3) is 0 Å². The summed E-state index contributed by atoms with van der Waals surface area (Å²) in [5, 5.41) is 0.564. The minimum Gasteiger partial charge on any atom is -0.379 e. The largest absolute Gasteiger partial charge is 0.379 e. The topological polar surface area (TPSA) is 9.23 Å². The molecule has 0 bridgehead atoms. The van der Waals surface area contributed by atoms with E-state index in [-0.39, 0.29) is 5.38 Å². The highest BCUT2D eigenvalue weighted by atomic mass is 35.5. The Morgan fingerprint density at radius 1 is 1.23 bits per heavy atom. The van der Waals surface area contributed by atoms with Crippen LogP contribution in [-0.2, 0) is 4.74 Å². The van der Waals surface area contributed by atoms with Gasteiger partial charge in [0.2, 0.25) is 0 Å². The number of thioether (sulfide) groups is 1. The summed E-state index contributed by atoms with van der Waals surface area (Å²) in [6.45, 7) is 1.46. The highest BCUT2D eigenvalue weighted by Gasteiger charge is 2.26. The molecule has 1 saturated heterocycles. The van der Waals surface area contributed by atoms with Crippen LogP contribution in [0.2, 0.25) is 0 Å². The number of halogens is 1. The zero-order valence-corrected chi connectivity index (χ0v) is 8.72. The molecule has 1 aromatic rings. The lowest BCUT2D eigenvalue weighted by Crippen LogP contribution is -2.13. The van der Waals surface area contributed by atoms with Gasteiger partial charge in [-0.3, -0.25) is 0 Å². The molecular formula is C10H11ClOS. The molecule has 1 aliphatic heterocycles. The molecular weight excluding hydrogens is 204 g/mol. The van der Waals surface area contributed by atoms with Crippen LogP contribution in [0.4, 0.5) is 0 Å². The summed E-state index contributed by atoms with van der Waals surface area (Å²) in [6.07, 6.45) is 0. The summed E-state index contributed by atoms with van der Waals surface area (Å²) in [5.41, 5.74) is 0. The van der Waals surface area contributed by atoms with E-state index in [1.807, 2.05) is 18.2 Å². The van der Waals surface area contributed by atoms with Crippen molar-refractivity contribution in [2.24, 2.45) is 0 Å². The lowest BCUT2D eigenvalue weighted by molar-refractivity contribution is 0.199. The highest BCUT2D eigenvalue weighted by Crippen LogP contribution is 2.30. The Bertz CT molecular complexity index is 265. The standard InChI is InChI=1S/C10H11ClOS/c11-9-6-12-7-10(9)13-8-4-2-1-3-5-8/h1-5,9-10H,6-7H2. The first-order valence-electron chi connectivity index (χ1n) is 4.30. The molecule has 1 aromatic carbocycles. The van der Waals surface area contributed by atoms with Crippen molar-refractivity contribution in [3.8, 4) is 0 Å². The molecule has 2 rings (SSSR count).